The highest BCUT2D eigenvalue weighted by Gasteiger charge is 2.13. The van der Waals surface area contributed by atoms with Crippen LogP contribution in [0.5, 0.6) is 17.2 Å². The molecule has 4 aromatic rings. The number of nitrogens with zero attached hydrogens (tertiary/aromatic N) is 2. The molecule has 0 atom stereocenters. The molecule has 0 amide bonds. The van der Waals surface area contributed by atoms with Gasteiger partial charge in [0.2, 0.25) is 0 Å². The summed E-state index contributed by atoms with van der Waals surface area (Å²) in [6.45, 7) is 0. The van der Waals surface area contributed by atoms with Gasteiger partial charge < -0.3 is 20.3 Å². The Morgan fingerprint density at radius 3 is 2.32 bits per heavy atom. The molecular weight excluding hydrogens is 358 g/mol. The third-order valence-electron chi connectivity index (χ3n) is 4.46. The number of aromatic nitrogens is 2. The summed E-state index contributed by atoms with van der Waals surface area (Å²) in [6.07, 6.45) is 1.55. The lowest BCUT2D eigenvalue weighted by molar-refractivity contribution is 0.452. The normalized spacial score (nSPS) is 10.7. The topological polar surface area (TPSA) is 130 Å². The van der Waals surface area contributed by atoms with Crippen molar-refractivity contribution in [3.63, 3.8) is 0 Å². The maximum absolute atomic E-state index is 11.7. The molecule has 4 rings (SSSR count). The number of hydrogen-bond acceptors (Lipinski definition) is 6. The summed E-state index contributed by atoms with van der Waals surface area (Å²) in [5, 5.41) is 38.9. The minimum atomic E-state index is -0.689. The predicted molar refractivity (Wildman–Crippen MR) is 103 cm³/mol. The van der Waals surface area contributed by atoms with Crippen LogP contribution in [-0.2, 0) is 0 Å². The minimum Gasteiger partial charge on any atom is -0.508 e. The van der Waals surface area contributed by atoms with Crippen LogP contribution in [0.25, 0.3) is 33.3 Å². The van der Waals surface area contributed by atoms with E-state index >= 15 is 0 Å². The molecule has 4 N–H and O–H groups in total. The number of aromatic amines is 1. The van der Waals surface area contributed by atoms with E-state index in [1.165, 1.54) is 12.1 Å². The summed E-state index contributed by atoms with van der Waals surface area (Å²) in [7, 11) is 0. The van der Waals surface area contributed by atoms with Crippen molar-refractivity contribution in [1.82, 2.24) is 9.97 Å². The zero-order valence-corrected chi connectivity index (χ0v) is 14.3. The minimum absolute atomic E-state index is 0.0188. The molecule has 7 nitrogen and oxygen atoms in total. The number of hydrogen-bond donors (Lipinski definition) is 4. The first kappa shape index (κ1) is 17.1. The Hall–Kier alpha value is -4.31. The van der Waals surface area contributed by atoms with Crippen molar-refractivity contribution < 1.29 is 15.3 Å². The maximum atomic E-state index is 11.7. The molecule has 0 saturated carbocycles. The van der Waals surface area contributed by atoms with Gasteiger partial charge in [0.25, 0.3) is 5.56 Å². The van der Waals surface area contributed by atoms with Crippen LogP contribution in [0.1, 0.15) is 5.56 Å². The van der Waals surface area contributed by atoms with Crippen molar-refractivity contribution in [3.05, 3.63) is 70.6 Å². The lowest BCUT2D eigenvalue weighted by atomic mass is 10.00. The van der Waals surface area contributed by atoms with Gasteiger partial charge in [0.05, 0.1) is 5.39 Å². The third-order valence-corrected chi connectivity index (χ3v) is 4.46. The molecule has 0 unspecified atom stereocenters. The van der Waals surface area contributed by atoms with Gasteiger partial charge in [-0.1, -0.05) is 24.3 Å². The highest BCUT2D eigenvalue weighted by atomic mass is 16.3. The zero-order valence-electron chi connectivity index (χ0n) is 14.3. The van der Waals surface area contributed by atoms with Crippen LogP contribution >= 0.6 is 0 Å². The number of benzene rings is 2. The van der Waals surface area contributed by atoms with Crippen LogP contribution in [-0.4, -0.2) is 25.3 Å². The van der Waals surface area contributed by atoms with E-state index in [1.807, 2.05) is 12.1 Å². The van der Waals surface area contributed by atoms with Crippen LogP contribution in [0, 0.1) is 11.3 Å². The van der Waals surface area contributed by atoms with E-state index in [1.54, 1.807) is 36.5 Å². The molecule has 0 bridgehead atoms. The SMILES string of the molecule is N#Cc1c(O)c2cc(-c3ccc(-c4ccc(O)cc4O)cc3)cnc2[nH]c1=O. The Balaban J connectivity index is 1.78. The highest BCUT2D eigenvalue weighted by Crippen LogP contribution is 2.34. The quantitative estimate of drug-likeness (QED) is 0.428. The Kier molecular flexibility index (Phi) is 3.94. The van der Waals surface area contributed by atoms with Gasteiger partial charge in [-0.3, -0.25) is 4.79 Å². The molecule has 2 aromatic heterocycles. The van der Waals surface area contributed by atoms with E-state index in [0.29, 0.717) is 11.1 Å². The van der Waals surface area contributed by atoms with E-state index in [2.05, 4.69) is 9.97 Å². The molecule has 0 aliphatic heterocycles. The number of nitriles is 1. The zero-order chi connectivity index (χ0) is 19.8. The summed E-state index contributed by atoms with van der Waals surface area (Å²) in [6, 6.07) is 15.0. The molecule has 136 valence electrons. The van der Waals surface area contributed by atoms with Crippen LogP contribution < -0.4 is 5.56 Å². The van der Waals surface area contributed by atoms with E-state index in [4.69, 9.17) is 5.26 Å². The fourth-order valence-corrected chi connectivity index (χ4v) is 3.03. The number of nitrogens with one attached hydrogen (secondary N) is 1. The average molecular weight is 371 g/mol. The highest BCUT2D eigenvalue weighted by molar-refractivity contribution is 5.88. The lowest BCUT2D eigenvalue weighted by Crippen LogP contribution is -2.10. The Labute approximate surface area is 158 Å². The second-order valence-electron chi connectivity index (χ2n) is 6.19. The van der Waals surface area contributed by atoms with Gasteiger partial charge in [0.1, 0.15) is 29.0 Å². The van der Waals surface area contributed by atoms with Crippen molar-refractivity contribution in [2.45, 2.75) is 0 Å². The first-order valence-electron chi connectivity index (χ1n) is 8.26. The van der Waals surface area contributed by atoms with Gasteiger partial charge in [0, 0.05) is 23.4 Å². The molecule has 2 heterocycles. The van der Waals surface area contributed by atoms with Crippen LogP contribution in [0.4, 0.5) is 0 Å². The Morgan fingerprint density at radius 1 is 0.929 bits per heavy atom. The number of rotatable bonds is 2. The lowest BCUT2D eigenvalue weighted by Gasteiger charge is -2.08. The summed E-state index contributed by atoms with van der Waals surface area (Å²) in [5.74, 6) is -0.450. The monoisotopic (exact) mass is 371 g/mol. The van der Waals surface area contributed by atoms with Gasteiger partial charge in [-0.15, -0.1) is 0 Å². The van der Waals surface area contributed by atoms with Gasteiger partial charge in [0.15, 0.2) is 5.56 Å². The summed E-state index contributed by atoms with van der Waals surface area (Å²) < 4.78 is 0. The predicted octanol–water partition coefficient (Wildman–Crippen LogP) is 3.25. The third kappa shape index (κ3) is 2.79. The molecule has 0 aliphatic carbocycles. The number of pyridine rings is 2. The van der Waals surface area contributed by atoms with Crippen LogP contribution in [0.2, 0.25) is 0 Å². The van der Waals surface area contributed by atoms with Gasteiger partial charge in [-0.25, -0.2) is 4.98 Å². The summed E-state index contributed by atoms with van der Waals surface area (Å²) in [4.78, 5) is 18.4. The average Bonchev–Trinajstić information content (AvgIpc) is 2.68. The number of fused-ring (bicyclic) bond motifs is 1. The van der Waals surface area contributed by atoms with E-state index < -0.39 is 11.3 Å². The van der Waals surface area contributed by atoms with Crippen molar-refractivity contribution in [2.24, 2.45) is 0 Å². The Morgan fingerprint density at radius 2 is 1.64 bits per heavy atom. The fourth-order valence-electron chi connectivity index (χ4n) is 3.03. The molecule has 0 radical (unpaired) electrons. The first-order valence-corrected chi connectivity index (χ1v) is 8.26. The molecule has 28 heavy (non-hydrogen) atoms. The van der Waals surface area contributed by atoms with Crippen molar-refractivity contribution in [2.75, 3.05) is 0 Å². The van der Waals surface area contributed by atoms with Crippen molar-refractivity contribution in [3.8, 4) is 45.6 Å². The van der Waals surface area contributed by atoms with Crippen molar-refractivity contribution in [1.29, 1.82) is 5.26 Å². The van der Waals surface area contributed by atoms with Crippen LogP contribution in [0.3, 0.4) is 0 Å². The molecule has 0 saturated heterocycles. The largest absolute Gasteiger partial charge is 0.508 e. The molecule has 0 aliphatic rings. The van der Waals surface area contributed by atoms with Gasteiger partial charge >= 0.3 is 0 Å². The summed E-state index contributed by atoms with van der Waals surface area (Å²) >= 11 is 0. The number of phenolic OH excluding ortho intramolecular Hbond substituents is 2. The molecule has 2 aromatic carbocycles. The molecular formula is C21H13N3O4. The van der Waals surface area contributed by atoms with Gasteiger partial charge in [-0.2, -0.15) is 5.26 Å². The number of phenols is 2. The smallest absolute Gasteiger partial charge is 0.271 e. The molecule has 0 spiro atoms. The van der Waals surface area contributed by atoms with E-state index in [-0.39, 0.29) is 28.1 Å². The second kappa shape index (κ2) is 6.45. The molecule has 7 heteroatoms. The van der Waals surface area contributed by atoms with E-state index in [0.717, 1.165) is 11.1 Å². The summed E-state index contributed by atoms with van der Waals surface area (Å²) in [5.41, 5.74) is 1.95. The van der Waals surface area contributed by atoms with Crippen molar-refractivity contribution >= 4 is 11.0 Å². The molecule has 0 fully saturated rings. The van der Waals surface area contributed by atoms with Gasteiger partial charge in [-0.05, 0) is 29.3 Å². The second-order valence-corrected chi connectivity index (χ2v) is 6.19. The maximum Gasteiger partial charge on any atom is 0.271 e. The standard InChI is InChI=1S/C21H13N3O4/c22-9-17-19(27)16-7-13(10-23-20(16)24-21(17)28)11-1-3-12(4-2-11)15-6-5-14(25)8-18(15)26/h1-8,10,25-26H,(H2,23,24,27,28). The van der Waals surface area contributed by atoms with E-state index in [9.17, 15) is 20.1 Å². The number of aromatic hydroxyl groups is 3. The number of H-pyrrole nitrogens is 1. The van der Waals surface area contributed by atoms with Crippen LogP contribution in [0.15, 0.2) is 59.5 Å². The fraction of sp³-hybridized carbons (Fsp3) is 0. The first-order chi connectivity index (χ1) is 13.5. The Bertz CT molecular complexity index is 1320.